The average Bonchev–Trinajstić information content (AvgIpc) is 3.39. The summed E-state index contributed by atoms with van der Waals surface area (Å²) < 4.78 is 76.2. The topological polar surface area (TPSA) is 126 Å². The van der Waals surface area contributed by atoms with Crippen LogP contribution in [0.15, 0.2) is 29.2 Å². The summed E-state index contributed by atoms with van der Waals surface area (Å²) in [6.45, 7) is 1.25. The lowest BCUT2D eigenvalue weighted by Crippen LogP contribution is -2.33. The third-order valence-corrected chi connectivity index (χ3v) is 8.41. The Morgan fingerprint density at radius 2 is 1.79 bits per heavy atom. The molecule has 1 saturated heterocycles. The van der Waals surface area contributed by atoms with E-state index in [1.54, 1.807) is 0 Å². The van der Waals surface area contributed by atoms with E-state index in [0.717, 1.165) is 25.0 Å². The number of nitrogens with zero attached hydrogens (tertiary/aromatic N) is 1. The second kappa shape index (κ2) is 10.5. The van der Waals surface area contributed by atoms with Crippen molar-refractivity contribution in [2.45, 2.75) is 79.0 Å². The van der Waals surface area contributed by atoms with Crippen LogP contribution in [0.25, 0.3) is 0 Å². The van der Waals surface area contributed by atoms with E-state index < -0.39 is 43.4 Å². The Bertz CT molecular complexity index is 1010. The van der Waals surface area contributed by atoms with Crippen LogP contribution in [0, 0.1) is 11.3 Å². The van der Waals surface area contributed by atoms with Gasteiger partial charge in [-0.15, -0.1) is 0 Å². The van der Waals surface area contributed by atoms with Gasteiger partial charge in [0, 0.05) is 13.2 Å². The summed E-state index contributed by atoms with van der Waals surface area (Å²) in [7, 11) is -4.05. The molecule has 1 aliphatic heterocycles. The van der Waals surface area contributed by atoms with Crippen LogP contribution in [-0.4, -0.2) is 55.8 Å². The molecule has 1 aromatic rings. The molecule has 1 amide bonds. The number of alkyl halides is 3. The lowest BCUT2D eigenvalue weighted by molar-refractivity contribution is -0.139. The minimum atomic E-state index is -4.69. The van der Waals surface area contributed by atoms with Gasteiger partial charge in [-0.1, -0.05) is 12.1 Å². The van der Waals surface area contributed by atoms with Crippen molar-refractivity contribution >= 4 is 15.9 Å². The summed E-state index contributed by atoms with van der Waals surface area (Å²) in [5.41, 5.74) is -1.82. The Hall–Kier alpha value is -2.36. The molecule has 0 aromatic heterocycles. The van der Waals surface area contributed by atoms with Crippen LogP contribution in [-0.2, 0) is 25.5 Å². The molecule has 0 bridgehead atoms. The Morgan fingerprint density at radius 1 is 1.15 bits per heavy atom. The Labute approximate surface area is 196 Å². The molecule has 12 heteroatoms. The average molecular weight is 505 g/mol. The number of carbonyl (C=O) groups is 1. The molecule has 2 saturated carbocycles. The number of carboxylic acid groups (broad SMARTS) is 1. The molecular formula is C22H27F3N2O6S. The van der Waals surface area contributed by atoms with Crippen molar-refractivity contribution in [3.63, 3.8) is 0 Å². The molecule has 188 valence electrons. The van der Waals surface area contributed by atoms with Gasteiger partial charge in [-0.05, 0) is 57.1 Å². The fourth-order valence-electron chi connectivity index (χ4n) is 4.11. The van der Waals surface area contributed by atoms with Gasteiger partial charge >= 0.3 is 12.3 Å². The Balaban J connectivity index is 0.000000302. The number of hydrogen-bond donors (Lipinski definition) is 2. The quantitative estimate of drug-likeness (QED) is 0.623. The van der Waals surface area contributed by atoms with Crippen molar-refractivity contribution in [1.82, 2.24) is 5.32 Å². The molecule has 0 radical (unpaired) electrons. The van der Waals surface area contributed by atoms with Gasteiger partial charge in [0.05, 0.1) is 34.0 Å². The highest BCUT2D eigenvalue weighted by molar-refractivity contribution is 7.92. The molecule has 8 nitrogen and oxygen atoms in total. The van der Waals surface area contributed by atoms with E-state index in [2.05, 4.69) is 5.32 Å². The lowest BCUT2D eigenvalue weighted by atomic mass is 10.1. The summed E-state index contributed by atoms with van der Waals surface area (Å²) in [6.07, 6.45) is -2.04. The molecule has 2 N–H and O–H groups in total. The first kappa shape index (κ1) is 26.2. The van der Waals surface area contributed by atoms with Crippen molar-refractivity contribution in [2.75, 3.05) is 13.2 Å². The SMILES string of the molecule is N#CC1(NC(=O)O)CC1.O=S(=O)(c1ccccc1C(F)(F)F)[C@H]1CC[C@H](OC2CCOCC2)C1. The third kappa shape index (κ3) is 6.61. The number of amides is 1. The molecule has 1 heterocycles. The molecule has 2 atom stereocenters. The van der Waals surface area contributed by atoms with E-state index >= 15 is 0 Å². The maximum absolute atomic E-state index is 13.2. The van der Waals surface area contributed by atoms with E-state index in [0.29, 0.717) is 38.9 Å². The van der Waals surface area contributed by atoms with E-state index in [9.17, 15) is 26.4 Å². The molecule has 2 aliphatic carbocycles. The molecule has 3 aliphatic rings. The minimum absolute atomic E-state index is 0.0441. The summed E-state index contributed by atoms with van der Waals surface area (Å²) in [5, 5.41) is 17.8. The summed E-state index contributed by atoms with van der Waals surface area (Å²) in [5.74, 6) is 0. The fraction of sp³-hybridized carbons (Fsp3) is 0.636. The maximum atomic E-state index is 13.2. The van der Waals surface area contributed by atoms with Gasteiger partial charge in [0.15, 0.2) is 9.84 Å². The predicted molar refractivity (Wildman–Crippen MR) is 114 cm³/mol. The Morgan fingerprint density at radius 3 is 2.32 bits per heavy atom. The zero-order chi connectivity index (χ0) is 25.0. The van der Waals surface area contributed by atoms with Gasteiger partial charge in [0.1, 0.15) is 5.54 Å². The standard InChI is InChI=1S/C17H21F3O4S.C5H6N2O2/c18-17(19,20)15-3-1-2-4-16(15)25(21,22)14-6-5-13(11-14)24-12-7-9-23-10-8-12;6-3-5(1-2-5)7-4(8)9/h1-4,12-14H,5-11H2;7H,1-2H2,(H,8,9)/t13-,14-;/m0./s1. The van der Waals surface area contributed by atoms with Gasteiger partial charge in [-0.3, -0.25) is 0 Å². The second-order valence-electron chi connectivity index (χ2n) is 8.67. The third-order valence-electron chi connectivity index (χ3n) is 6.14. The van der Waals surface area contributed by atoms with E-state index in [1.807, 2.05) is 6.07 Å². The number of rotatable bonds is 5. The summed E-state index contributed by atoms with van der Waals surface area (Å²) in [4.78, 5) is 9.33. The van der Waals surface area contributed by atoms with Crippen LogP contribution in [0.5, 0.6) is 0 Å². The van der Waals surface area contributed by atoms with Crippen LogP contribution < -0.4 is 5.32 Å². The van der Waals surface area contributed by atoms with Gasteiger partial charge in [0.2, 0.25) is 0 Å². The Kier molecular flexibility index (Phi) is 8.10. The molecular weight excluding hydrogens is 477 g/mol. The van der Waals surface area contributed by atoms with E-state index in [-0.39, 0.29) is 18.6 Å². The zero-order valence-corrected chi connectivity index (χ0v) is 19.2. The van der Waals surface area contributed by atoms with Crippen LogP contribution in [0.3, 0.4) is 0 Å². The highest BCUT2D eigenvalue weighted by atomic mass is 32.2. The van der Waals surface area contributed by atoms with Gasteiger partial charge < -0.3 is 19.9 Å². The molecule has 3 fully saturated rings. The zero-order valence-electron chi connectivity index (χ0n) is 18.4. The first-order valence-corrected chi connectivity index (χ1v) is 12.6. The number of halogens is 3. The van der Waals surface area contributed by atoms with Gasteiger partial charge in [0.25, 0.3) is 0 Å². The number of nitriles is 1. The maximum Gasteiger partial charge on any atom is 0.417 e. The summed E-state index contributed by atoms with van der Waals surface area (Å²) in [6, 6.07) is 6.28. The van der Waals surface area contributed by atoms with Crippen LogP contribution >= 0.6 is 0 Å². The highest BCUT2D eigenvalue weighted by Crippen LogP contribution is 2.39. The van der Waals surface area contributed by atoms with Crippen molar-refractivity contribution in [3.8, 4) is 6.07 Å². The number of hydrogen-bond acceptors (Lipinski definition) is 6. The summed E-state index contributed by atoms with van der Waals surface area (Å²) >= 11 is 0. The monoisotopic (exact) mass is 504 g/mol. The van der Waals surface area contributed by atoms with Crippen molar-refractivity contribution in [3.05, 3.63) is 29.8 Å². The number of ether oxygens (including phenoxy) is 2. The largest absolute Gasteiger partial charge is 0.465 e. The predicted octanol–water partition coefficient (Wildman–Crippen LogP) is 3.91. The van der Waals surface area contributed by atoms with Crippen LogP contribution in [0.1, 0.15) is 50.5 Å². The van der Waals surface area contributed by atoms with E-state index in [1.165, 1.54) is 12.1 Å². The van der Waals surface area contributed by atoms with E-state index in [4.69, 9.17) is 19.8 Å². The lowest BCUT2D eigenvalue weighted by Gasteiger charge is -2.25. The molecule has 0 spiro atoms. The minimum Gasteiger partial charge on any atom is -0.465 e. The first-order chi connectivity index (χ1) is 16.0. The molecule has 1 aromatic carbocycles. The number of nitrogens with one attached hydrogen (secondary N) is 1. The van der Waals surface area contributed by atoms with Crippen molar-refractivity contribution in [1.29, 1.82) is 5.26 Å². The number of sulfone groups is 1. The number of benzene rings is 1. The molecule has 0 unspecified atom stereocenters. The smallest absolute Gasteiger partial charge is 0.417 e. The highest BCUT2D eigenvalue weighted by Gasteiger charge is 2.45. The molecule has 4 rings (SSSR count). The van der Waals surface area contributed by atoms with Crippen molar-refractivity contribution < 1.29 is 41.0 Å². The normalized spacial score (nSPS) is 24.4. The van der Waals surface area contributed by atoms with Crippen molar-refractivity contribution in [2.24, 2.45) is 0 Å². The van der Waals surface area contributed by atoms with Gasteiger partial charge in [-0.2, -0.15) is 18.4 Å². The van der Waals surface area contributed by atoms with Gasteiger partial charge in [-0.25, -0.2) is 13.2 Å². The fourth-order valence-corrected chi connectivity index (χ4v) is 6.15. The molecule has 34 heavy (non-hydrogen) atoms. The second-order valence-corrected chi connectivity index (χ2v) is 10.9. The van der Waals surface area contributed by atoms with Crippen LogP contribution in [0.4, 0.5) is 18.0 Å². The van der Waals surface area contributed by atoms with Crippen LogP contribution in [0.2, 0.25) is 0 Å². The first-order valence-electron chi connectivity index (χ1n) is 11.0.